The van der Waals surface area contributed by atoms with Gasteiger partial charge in [-0.25, -0.2) is 4.79 Å². The number of ether oxygens (including phenoxy) is 2. The summed E-state index contributed by atoms with van der Waals surface area (Å²) in [5.41, 5.74) is 3.24. The average molecular weight is 482 g/mol. The second-order valence-corrected chi connectivity index (χ2v) is 8.88. The third-order valence-electron chi connectivity index (χ3n) is 5.46. The molecule has 0 saturated carbocycles. The van der Waals surface area contributed by atoms with Gasteiger partial charge < -0.3 is 19.9 Å². The number of rotatable bonds is 9. The van der Waals surface area contributed by atoms with Crippen LogP contribution in [-0.4, -0.2) is 36.2 Å². The SMILES string of the molecule is COc1ccc(Cl)cc1C(=O)NCCc1ccc(-c2ccc(OC(C)(C)C(=O)O)cc2C)cc1. The number of carbonyl (C=O) groups is 2. The minimum atomic E-state index is -1.30. The molecule has 0 unspecified atom stereocenters. The molecule has 3 rings (SSSR count). The first-order valence-electron chi connectivity index (χ1n) is 10.8. The largest absolute Gasteiger partial charge is 0.496 e. The molecular formula is C27H28ClNO5. The van der Waals surface area contributed by atoms with E-state index in [-0.39, 0.29) is 5.91 Å². The molecule has 34 heavy (non-hydrogen) atoms. The Morgan fingerprint density at radius 2 is 1.74 bits per heavy atom. The summed E-state index contributed by atoms with van der Waals surface area (Å²) in [5, 5.41) is 12.6. The van der Waals surface area contributed by atoms with Crippen molar-refractivity contribution < 1.29 is 24.2 Å². The van der Waals surface area contributed by atoms with Crippen molar-refractivity contribution in [1.29, 1.82) is 0 Å². The van der Waals surface area contributed by atoms with Crippen LogP contribution in [0.15, 0.2) is 60.7 Å². The third-order valence-corrected chi connectivity index (χ3v) is 5.69. The lowest BCUT2D eigenvalue weighted by Crippen LogP contribution is -2.37. The van der Waals surface area contributed by atoms with Gasteiger partial charge in [0.05, 0.1) is 12.7 Å². The Bertz CT molecular complexity index is 1190. The first kappa shape index (κ1) is 25.1. The van der Waals surface area contributed by atoms with Crippen LogP contribution in [0.2, 0.25) is 5.02 Å². The van der Waals surface area contributed by atoms with Crippen molar-refractivity contribution >= 4 is 23.5 Å². The summed E-state index contributed by atoms with van der Waals surface area (Å²) in [5.74, 6) is -0.269. The van der Waals surface area contributed by atoms with Crippen molar-refractivity contribution in [2.45, 2.75) is 32.8 Å². The van der Waals surface area contributed by atoms with Crippen molar-refractivity contribution in [3.8, 4) is 22.6 Å². The fourth-order valence-electron chi connectivity index (χ4n) is 3.49. The molecule has 6 nitrogen and oxygen atoms in total. The standard InChI is InChI=1S/C27H28ClNO5/c1-17-15-21(34-27(2,3)26(31)32)10-11-22(17)19-7-5-18(6-8-19)13-14-29-25(30)23-16-20(28)9-12-24(23)33-4/h5-12,15-16H,13-14H2,1-4H3,(H,29,30)(H,31,32). The highest BCUT2D eigenvalue weighted by molar-refractivity contribution is 6.31. The number of methoxy groups -OCH3 is 1. The van der Waals surface area contributed by atoms with Crippen LogP contribution in [0.4, 0.5) is 0 Å². The monoisotopic (exact) mass is 481 g/mol. The second-order valence-electron chi connectivity index (χ2n) is 8.44. The molecule has 0 spiro atoms. The Labute approximate surface area is 204 Å². The lowest BCUT2D eigenvalue weighted by Gasteiger charge is -2.22. The predicted octanol–water partition coefficient (Wildman–Crippen LogP) is 5.54. The van der Waals surface area contributed by atoms with Crippen molar-refractivity contribution in [2.75, 3.05) is 13.7 Å². The summed E-state index contributed by atoms with van der Waals surface area (Å²) in [6.07, 6.45) is 0.672. The first-order chi connectivity index (χ1) is 16.1. The van der Waals surface area contributed by atoms with E-state index < -0.39 is 11.6 Å². The quantitative estimate of drug-likeness (QED) is 0.419. The molecule has 0 aliphatic carbocycles. The van der Waals surface area contributed by atoms with E-state index in [9.17, 15) is 14.7 Å². The number of amides is 1. The Kier molecular flexibility index (Phi) is 7.84. The average Bonchev–Trinajstić information content (AvgIpc) is 2.79. The summed E-state index contributed by atoms with van der Waals surface area (Å²) in [6.45, 7) is 5.47. The fraction of sp³-hybridized carbons (Fsp3) is 0.259. The van der Waals surface area contributed by atoms with Crippen molar-refractivity contribution in [3.63, 3.8) is 0 Å². The number of aryl methyl sites for hydroxylation is 1. The smallest absolute Gasteiger partial charge is 0.347 e. The molecule has 3 aromatic rings. The molecule has 0 aliphatic heterocycles. The molecule has 7 heteroatoms. The Morgan fingerprint density at radius 1 is 1.03 bits per heavy atom. The van der Waals surface area contributed by atoms with Crippen LogP contribution in [0.25, 0.3) is 11.1 Å². The maximum Gasteiger partial charge on any atom is 0.347 e. The molecule has 0 atom stereocenters. The van der Waals surface area contributed by atoms with E-state index in [1.807, 2.05) is 43.3 Å². The van der Waals surface area contributed by atoms with Crippen LogP contribution in [-0.2, 0) is 11.2 Å². The third kappa shape index (κ3) is 6.08. The summed E-state index contributed by atoms with van der Waals surface area (Å²) in [7, 11) is 1.51. The van der Waals surface area contributed by atoms with E-state index >= 15 is 0 Å². The zero-order valence-electron chi connectivity index (χ0n) is 19.6. The lowest BCUT2D eigenvalue weighted by atomic mass is 9.98. The zero-order chi connectivity index (χ0) is 24.9. The van der Waals surface area contributed by atoms with Gasteiger partial charge in [-0.15, -0.1) is 0 Å². The van der Waals surface area contributed by atoms with Crippen LogP contribution in [0.5, 0.6) is 11.5 Å². The van der Waals surface area contributed by atoms with Crippen LogP contribution in [0.1, 0.15) is 35.3 Å². The minimum Gasteiger partial charge on any atom is -0.496 e. The number of hydrogen-bond acceptors (Lipinski definition) is 4. The van der Waals surface area contributed by atoms with Crippen molar-refractivity contribution in [3.05, 3.63) is 82.4 Å². The number of carboxylic acids is 1. The van der Waals surface area contributed by atoms with Gasteiger partial charge in [-0.1, -0.05) is 41.9 Å². The molecule has 0 bridgehead atoms. The Balaban J connectivity index is 1.62. The van der Waals surface area contributed by atoms with E-state index in [0.717, 1.165) is 22.3 Å². The molecule has 0 radical (unpaired) electrons. The highest BCUT2D eigenvalue weighted by Crippen LogP contribution is 2.29. The highest BCUT2D eigenvalue weighted by Gasteiger charge is 2.29. The fourth-order valence-corrected chi connectivity index (χ4v) is 3.66. The van der Waals surface area contributed by atoms with Crippen LogP contribution >= 0.6 is 11.6 Å². The maximum absolute atomic E-state index is 12.5. The molecule has 0 aliphatic rings. The Morgan fingerprint density at radius 3 is 2.35 bits per heavy atom. The van der Waals surface area contributed by atoms with E-state index in [0.29, 0.717) is 35.1 Å². The number of hydrogen-bond donors (Lipinski definition) is 2. The normalized spacial score (nSPS) is 11.1. The number of carboxylic acid groups (broad SMARTS) is 1. The van der Waals surface area contributed by atoms with E-state index in [1.165, 1.54) is 21.0 Å². The van der Waals surface area contributed by atoms with E-state index in [1.54, 1.807) is 24.3 Å². The van der Waals surface area contributed by atoms with Gasteiger partial charge >= 0.3 is 5.97 Å². The van der Waals surface area contributed by atoms with E-state index in [2.05, 4.69) is 5.32 Å². The van der Waals surface area contributed by atoms with Crippen molar-refractivity contribution in [1.82, 2.24) is 5.32 Å². The minimum absolute atomic E-state index is 0.236. The van der Waals surface area contributed by atoms with Gasteiger partial charge in [0, 0.05) is 11.6 Å². The Hall–Kier alpha value is -3.51. The molecule has 178 valence electrons. The molecule has 0 fully saturated rings. The maximum atomic E-state index is 12.5. The number of aliphatic carboxylic acids is 1. The number of nitrogens with one attached hydrogen (secondary N) is 1. The molecule has 3 aromatic carbocycles. The second kappa shape index (κ2) is 10.6. The van der Waals surface area contributed by atoms with E-state index in [4.69, 9.17) is 21.1 Å². The van der Waals surface area contributed by atoms with Crippen molar-refractivity contribution in [2.24, 2.45) is 0 Å². The van der Waals surface area contributed by atoms with Gasteiger partial charge in [0.2, 0.25) is 0 Å². The molecule has 0 heterocycles. The van der Waals surface area contributed by atoms with Gasteiger partial charge in [0.1, 0.15) is 11.5 Å². The predicted molar refractivity (Wildman–Crippen MR) is 133 cm³/mol. The van der Waals surface area contributed by atoms with Crippen LogP contribution < -0.4 is 14.8 Å². The molecule has 0 aromatic heterocycles. The molecular weight excluding hydrogens is 454 g/mol. The topological polar surface area (TPSA) is 84.9 Å². The number of carbonyl (C=O) groups excluding carboxylic acids is 1. The zero-order valence-corrected chi connectivity index (χ0v) is 20.4. The van der Waals surface area contributed by atoms with Gasteiger partial charge in [-0.3, -0.25) is 4.79 Å². The first-order valence-corrected chi connectivity index (χ1v) is 11.2. The molecule has 0 saturated heterocycles. The summed E-state index contributed by atoms with van der Waals surface area (Å²) in [4.78, 5) is 23.8. The van der Waals surface area contributed by atoms with Gasteiger partial charge in [0.25, 0.3) is 5.91 Å². The lowest BCUT2D eigenvalue weighted by molar-refractivity contribution is -0.152. The number of halogens is 1. The summed E-state index contributed by atoms with van der Waals surface area (Å²) in [6, 6.07) is 18.6. The highest BCUT2D eigenvalue weighted by atomic mass is 35.5. The molecule has 1 amide bonds. The number of benzene rings is 3. The summed E-state index contributed by atoms with van der Waals surface area (Å²) < 4.78 is 10.9. The van der Waals surface area contributed by atoms with Gasteiger partial charge in [-0.2, -0.15) is 0 Å². The van der Waals surface area contributed by atoms with Gasteiger partial charge in [-0.05, 0) is 79.8 Å². The molecule has 2 N–H and O–H groups in total. The summed E-state index contributed by atoms with van der Waals surface area (Å²) >= 11 is 6.01. The van der Waals surface area contributed by atoms with Crippen LogP contribution in [0.3, 0.4) is 0 Å². The van der Waals surface area contributed by atoms with Crippen LogP contribution in [0, 0.1) is 6.92 Å². The van der Waals surface area contributed by atoms with Gasteiger partial charge in [0.15, 0.2) is 5.60 Å².